The summed E-state index contributed by atoms with van der Waals surface area (Å²) in [6.07, 6.45) is 5.82. The van der Waals surface area contributed by atoms with Crippen LogP contribution in [0.15, 0.2) is 35.2 Å². The number of carbonyl (C=O) groups excluding carboxylic acids is 3. The predicted molar refractivity (Wildman–Crippen MR) is 141 cm³/mol. The Hall–Kier alpha value is -3.22. The molecule has 2 aromatic heterocycles. The van der Waals surface area contributed by atoms with E-state index in [-0.39, 0.29) is 35.5 Å². The highest BCUT2D eigenvalue weighted by molar-refractivity contribution is 5.91. The van der Waals surface area contributed by atoms with Crippen LogP contribution >= 0.6 is 0 Å². The van der Waals surface area contributed by atoms with Gasteiger partial charge in [0.2, 0.25) is 11.8 Å². The molecule has 0 bridgehead atoms. The molecule has 5 rings (SSSR count). The Labute approximate surface area is 228 Å². The molecule has 0 aromatic carbocycles. The zero-order valence-corrected chi connectivity index (χ0v) is 22.7. The zero-order chi connectivity index (χ0) is 27.5. The number of furan rings is 1. The normalized spacial score (nSPS) is 25.6. The summed E-state index contributed by atoms with van der Waals surface area (Å²) in [5.74, 6) is 0.623. The molecule has 4 unspecified atom stereocenters. The number of rotatable bonds is 7. The van der Waals surface area contributed by atoms with Gasteiger partial charge >= 0.3 is 0 Å². The highest BCUT2D eigenvalue weighted by atomic mass is 16.3. The number of likely N-dealkylation sites (N-methyl/N-ethyl adjacent to an activating group) is 1. The van der Waals surface area contributed by atoms with Gasteiger partial charge in [-0.2, -0.15) is 0 Å². The Morgan fingerprint density at radius 1 is 1.13 bits per heavy atom. The number of piperazine rings is 1. The van der Waals surface area contributed by atoms with Crippen LogP contribution in [0.4, 0.5) is 0 Å². The summed E-state index contributed by atoms with van der Waals surface area (Å²) < 4.78 is 7.15. The third-order valence-corrected chi connectivity index (χ3v) is 8.56. The fraction of sp³-hybridized carbons (Fsp3) is 0.630. The largest absolute Gasteiger partial charge is 0.459 e. The van der Waals surface area contributed by atoms with Gasteiger partial charge < -0.3 is 29.2 Å². The van der Waals surface area contributed by atoms with Crippen molar-refractivity contribution in [2.45, 2.75) is 19.1 Å². The van der Waals surface area contributed by atoms with Crippen LogP contribution < -0.4 is 5.32 Å². The minimum Gasteiger partial charge on any atom is -0.459 e. The lowest BCUT2D eigenvalue weighted by atomic mass is 9.78. The van der Waals surface area contributed by atoms with Crippen LogP contribution in [0.3, 0.4) is 0 Å². The number of aliphatic hydroxyl groups is 1. The predicted octanol–water partition coefficient (Wildman–Crippen LogP) is -0.00540. The Morgan fingerprint density at radius 2 is 1.92 bits per heavy atom. The smallest absolute Gasteiger partial charge is 0.289 e. The molecule has 212 valence electrons. The lowest BCUT2D eigenvalue weighted by Gasteiger charge is -2.39. The second-order valence-corrected chi connectivity index (χ2v) is 10.9. The van der Waals surface area contributed by atoms with Gasteiger partial charge in [-0.1, -0.05) is 0 Å². The number of hydrogen-bond donors (Lipinski definition) is 2. The van der Waals surface area contributed by atoms with Crippen molar-refractivity contribution >= 4 is 17.7 Å². The molecule has 5 heterocycles. The highest BCUT2D eigenvalue weighted by Crippen LogP contribution is 2.39. The first-order valence-electron chi connectivity index (χ1n) is 13.8. The lowest BCUT2D eigenvalue weighted by molar-refractivity contribution is -0.139. The molecular weight excluding hydrogens is 502 g/mol. The number of piperidine rings is 1. The van der Waals surface area contributed by atoms with E-state index < -0.39 is 6.23 Å². The molecule has 3 aliphatic heterocycles. The quantitative estimate of drug-likeness (QED) is 0.501. The molecule has 0 saturated carbocycles. The Kier molecular flexibility index (Phi) is 8.34. The number of aromatic nitrogens is 2. The van der Waals surface area contributed by atoms with Gasteiger partial charge in [-0.25, -0.2) is 4.98 Å². The maximum absolute atomic E-state index is 14.0. The number of aryl methyl sites for hydroxylation is 1. The molecule has 4 atom stereocenters. The van der Waals surface area contributed by atoms with E-state index in [4.69, 9.17) is 4.42 Å². The molecule has 12 nitrogen and oxygen atoms in total. The van der Waals surface area contributed by atoms with Gasteiger partial charge in [0.1, 0.15) is 0 Å². The first kappa shape index (κ1) is 27.4. The number of nitrogens with one attached hydrogen (secondary N) is 1. The summed E-state index contributed by atoms with van der Waals surface area (Å²) >= 11 is 0. The summed E-state index contributed by atoms with van der Waals surface area (Å²) in [4.78, 5) is 50.9. The third-order valence-electron chi connectivity index (χ3n) is 8.56. The van der Waals surface area contributed by atoms with Crippen LogP contribution in [-0.2, 0) is 16.6 Å². The van der Waals surface area contributed by atoms with Gasteiger partial charge in [0.25, 0.3) is 5.91 Å². The number of aliphatic hydroxyl groups excluding tert-OH is 1. The monoisotopic (exact) mass is 541 g/mol. The minimum atomic E-state index is -0.917. The number of imidazole rings is 1. The van der Waals surface area contributed by atoms with E-state index in [0.717, 1.165) is 12.8 Å². The fourth-order valence-corrected chi connectivity index (χ4v) is 6.33. The minimum absolute atomic E-state index is 0.0106. The van der Waals surface area contributed by atoms with Crippen molar-refractivity contribution in [3.63, 3.8) is 0 Å². The summed E-state index contributed by atoms with van der Waals surface area (Å²) in [6.45, 7) is 4.94. The second kappa shape index (κ2) is 11.9. The van der Waals surface area contributed by atoms with Gasteiger partial charge in [0.05, 0.1) is 18.7 Å². The molecule has 0 aliphatic carbocycles. The third kappa shape index (κ3) is 5.87. The van der Waals surface area contributed by atoms with Crippen LogP contribution in [-0.4, -0.2) is 118 Å². The van der Waals surface area contributed by atoms with Gasteiger partial charge in [-0.3, -0.25) is 24.2 Å². The van der Waals surface area contributed by atoms with Gasteiger partial charge in [0.15, 0.2) is 17.8 Å². The van der Waals surface area contributed by atoms with Crippen LogP contribution in [0, 0.1) is 17.8 Å². The number of likely N-dealkylation sites (tertiary alicyclic amines) is 2. The second-order valence-electron chi connectivity index (χ2n) is 10.9. The van der Waals surface area contributed by atoms with Crippen LogP contribution in [0.5, 0.6) is 0 Å². The van der Waals surface area contributed by atoms with Crippen LogP contribution in [0.2, 0.25) is 0 Å². The fourth-order valence-electron chi connectivity index (χ4n) is 6.33. The first-order chi connectivity index (χ1) is 18.9. The van der Waals surface area contributed by atoms with E-state index in [2.05, 4.69) is 15.2 Å². The lowest BCUT2D eigenvalue weighted by Crippen LogP contribution is -2.53. The molecule has 2 aromatic rings. The average Bonchev–Trinajstić information content (AvgIpc) is 3.74. The van der Waals surface area contributed by atoms with Crippen molar-refractivity contribution in [1.82, 2.24) is 34.5 Å². The maximum atomic E-state index is 14.0. The van der Waals surface area contributed by atoms with E-state index in [1.54, 1.807) is 36.1 Å². The van der Waals surface area contributed by atoms with Crippen LogP contribution in [0.25, 0.3) is 0 Å². The van der Waals surface area contributed by atoms with E-state index in [9.17, 15) is 19.5 Å². The summed E-state index contributed by atoms with van der Waals surface area (Å²) in [7, 11) is 3.47. The Morgan fingerprint density at radius 3 is 2.59 bits per heavy atom. The Bertz CT molecular complexity index is 1140. The van der Waals surface area contributed by atoms with Crippen molar-refractivity contribution in [3.05, 3.63) is 42.4 Å². The van der Waals surface area contributed by atoms with E-state index >= 15 is 0 Å². The van der Waals surface area contributed by atoms with Crippen molar-refractivity contribution in [3.8, 4) is 0 Å². The topological polar surface area (TPSA) is 127 Å². The van der Waals surface area contributed by atoms with Crippen molar-refractivity contribution in [2.75, 3.05) is 66.0 Å². The molecule has 12 heteroatoms. The summed E-state index contributed by atoms with van der Waals surface area (Å²) in [6, 6.07) is 3.40. The molecule has 3 aliphatic rings. The number of nitrogens with zero attached hydrogens (tertiary/aromatic N) is 6. The van der Waals surface area contributed by atoms with E-state index in [0.29, 0.717) is 70.5 Å². The molecule has 39 heavy (non-hydrogen) atoms. The summed E-state index contributed by atoms with van der Waals surface area (Å²) in [5, 5.41) is 13.9. The molecule has 0 spiro atoms. The molecular formula is C27H39N7O5. The van der Waals surface area contributed by atoms with E-state index in [1.807, 2.05) is 21.7 Å². The van der Waals surface area contributed by atoms with Gasteiger partial charge in [-0.15, -0.1) is 0 Å². The SMILES string of the molecule is CNC(=O)CN1CCN(C(=O)C2CN(C(O)c3nccn3C)CC2C2CCCN(C(=O)c3ccco3)C2)CC1. The van der Waals surface area contributed by atoms with Gasteiger partial charge in [0, 0.05) is 78.8 Å². The average molecular weight is 542 g/mol. The van der Waals surface area contributed by atoms with E-state index in [1.165, 1.54) is 6.26 Å². The van der Waals surface area contributed by atoms with Gasteiger partial charge in [-0.05, 0) is 36.8 Å². The zero-order valence-electron chi connectivity index (χ0n) is 22.7. The number of carbonyl (C=O) groups is 3. The van der Waals surface area contributed by atoms with Crippen molar-refractivity contribution < 1.29 is 23.9 Å². The van der Waals surface area contributed by atoms with Crippen molar-refractivity contribution in [1.29, 1.82) is 0 Å². The van der Waals surface area contributed by atoms with Crippen molar-refractivity contribution in [2.24, 2.45) is 24.8 Å². The standard InChI is InChI=1S/C27H39N7O5/c1-28-23(35)18-31-10-12-32(13-11-31)25(36)21-17-34(27(38)24-29-7-9-30(24)2)16-20(21)19-5-3-8-33(15-19)26(37)22-6-4-14-39-22/h4,6-7,9,14,19-21,27,38H,3,5,8,10-13,15-18H2,1-2H3,(H,28,35). The maximum Gasteiger partial charge on any atom is 0.289 e. The molecule has 3 fully saturated rings. The summed E-state index contributed by atoms with van der Waals surface area (Å²) in [5.41, 5.74) is 0. The first-order valence-corrected chi connectivity index (χ1v) is 13.8. The molecule has 3 amide bonds. The highest BCUT2D eigenvalue weighted by Gasteiger charge is 2.47. The number of amides is 3. The Balaban J connectivity index is 1.31. The molecule has 2 N–H and O–H groups in total. The number of hydrogen-bond acceptors (Lipinski definition) is 8. The molecule has 3 saturated heterocycles. The van der Waals surface area contributed by atoms with Crippen LogP contribution in [0.1, 0.15) is 35.4 Å². The molecule has 0 radical (unpaired) electrons.